The van der Waals surface area contributed by atoms with Crippen LogP contribution < -0.4 is 10.6 Å². The molecule has 0 saturated carbocycles. The maximum absolute atomic E-state index is 13.0. The molecule has 0 radical (unpaired) electrons. The number of carbonyl (C=O) groups is 1. The van der Waals surface area contributed by atoms with Crippen LogP contribution in [0.1, 0.15) is 12.5 Å². The van der Waals surface area contributed by atoms with Crippen LogP contribution in [0.2, 0.25) is 0 Å². The lowest BCUT2D eigenvalue weighted by atomic mass is 10.1. The molecule has 2 N–H and O–H groups in total. The highest BCUT2D eigenvalue weighted by atomic mass is 19.1. The van der Waals surface area contributed by atoms with Gasteiger partial charge in [-0.2, -0.15) is 0 Å². The number of benzene rings is 1. The number of ether oxygens (including phenoxy) is 1. The van der Waals surface area contributed by atoms with E-state index >= 15 is 0 Å². The Bertz CT molecular complexity index is 492. The van der Waals surface area contributed by atoms with Gasteiger partial charge >= 0.3 is 5.97 Å². The summed E-state index contributed by atoms with van der Waals surface area (Å²) < 4.78 is 17.7. The molecule has 0 heterocycles. The van der Waals surface area contributed by atoms with Crippen LogP contribution in [0.5, 0.6) is 0 Å². The van der Waals surface area contributed by atoms with E-state index in [2.05, 4.69) is 20.4 Å². The number of aliphatic imine (C=N–C) groups is 1. The van der Waals surface area contributed by atoms with E-state index in [1.54, 1.807) is 20.0 Å². The monoisotopic (exact) mass is 295 g/mol. The number of hydrogen-bond acceptors (Lipinski definition) is 3. The molecule has 1 unspecified atom stereocenters. The summed E-state index contributed by atoms with van der Waals surface area (Å²) in [4.78, 5) is 15.3. The maximum Gasteiger partial charge on any atom is 0.310 e. The van der Waals surface area contributed by atoms with Crippen molar-refractivity contribution < 1.29 is 13.9 Å². The summed E-state index contributed by atoms with van der Waals surface area (Å²) in [6.45, 7) is 2.83. The van der Waals surface area contributed by atoms with Gasteiger partial charge in [0.25, 0.3) is 0 Å². The molecule has 1 aromatic rings. The van der Waals surface area contributed by atoms with Crippen molar-refractivity contribution in [2.24, 2.45) is 10.9 Å². The minimum absolute atomic E-state index is 0.234. The fraction of sp³-hybridized carbons (Fsp3) is 0.467. The molecule has 0 fully saturated rings. The molecule has 1 rings (SSSR count). The highest BCUT2D eigenvalue weighted by Gasteiger charge is 2.13. The number of nitrogens with zero attached hydrogens (tertiary/aromatic N) is 1. The van der Waals surface area contributed by atoms with Crippen molar-refractivity contribution in [3.8, 4) is 0 Å². The fourth-order valence-corrected chi connectivity index (χ4v) is 1.77. The Morgan fingerprint density at radius 3 is 2.81 bits per heavy atom. The van der Waals surface area contributed by atoms with E-state index in [-0.39, 0.29) is 17.7 Å². The molecule has 0 aliphatic carbocycles. The summed E-state index contributed by atoms with van der Waals surface area (Å²) in [5.74, 6) is -0.154. The molecule has 0 aliphatic rings. The average molecular weight is 295 g/mol. The third-order valence-corrected chi connectivity index (χ3v) is 3.00. The van der Waals surface area contributed by atoms with Crippen molar-refractivity contribution in [3.05, 3.63) is 35.6 Å². The third kappa shape index (κ3) is 6.25. The summed E-state index contributed by atoms with van der Waals surface area (Å²) in [5.41, 5.74) is 0.917. The molecule has 0 saturated heterocycles. The van der Waals surface area contributed by atoms with Gasteiger partial charge in [-0.3, -0.25) is 9.79 Å². The van der Waals surface area contributed by atoms with Crippen LogP contribution in [-0.4, -0.2) is 39.2 Å². The summed E-state index contributed by atoms with van der Waals surface area (Å²) in [6.07, 6.45) is 0.686. The molecule has 0 bridgehead atoms. The minimum atomic E-state index is -0.266. The Morgan fingerprint density at radius 2 is 2.19 bits per heavy atom. The summed E-state index contributed by atoms with van der Waals surface area (Å²) in [7, 11) is 3.02. The van der Waals surface area contributed by atoms with Gasteiger partial charge in [-0.15, -0.1) is 0 Å². The Morgan fingerprint density at radius 1 is 1.43 bits per heavy atom. The summed E-state index contributed by atoms with van der Waals surface area (Å²) >= 11 is 0. The average Bonchev–Trinajstić information content (AvgIpc) is 2.49. The van der Waals surface area contributed by atoms with Crippen LogP contribution in [-0.2, 0) is 16.0 Å². The van der Waals surface area contributed by atoms with Crippen LogP contribution in [0.3, 0.4) is 0 Å². The highest BCUT2D eigenvalue weighted by Crippen LogP contribution is 2.03. The maximum atomic E-state index is 13.0. The zero-order chi connectivity index (χ0) is 15.7. The number of esters is 1. The molecular weight excluding hydrogens is 273 g/mol. The first-order chi connectivity index (χ1) is 10.1. The van der Waals surface area contributed by atoms with Crippen molar-refractivity contribution in [2.45, 2.75) is 13.3 Å². The number of guanidine groups is 1. The summed E-state index contributed by atoms with van der Waals surface area (Å²) in [6, 6.07) is 6.50. The number of nitrogens with one attached hydrogen (secondary N) is 2. The van der Waals surface area contributed by atoms with Gasteiger partial charge in [0.05, 0.1) is 13.0 Å². The van der Waals surface area contributed by atoms with E-state index in [0.717, 1.165) is 5.56 Å². The van der Waals surface area contributed by atoms with Crippen LogP contribution in [0.15, 0.2) is 29.3 Å². The van der Waals surface area contributed by atoms with Gasteiger partial charge in [0.2, 0.25) is 0 Å². The molecule has 116 valence electrons. The van der Waals surface area contributed by atoms with Gasteiger partial charge in [0.1, 0.15) is 5.82 Å². The normalized spacial score (nSPS) is 12.7. The van der Waals surface area contributed by atoms with E-state index in [1.807, 2.05) is 6.07 Å². The smallest absolute Gasteiger partial charge is 0.310 e. The molecular formula is C15H22FN3O2. The van der Waals surface area contributed by atoms with E-state index in [1.165, 1.54) is 19.2 Å². The standard InChI is InChI=1S/C15H22FN3O2/c1-11(14(20)21-3)10-19-15(17-2)18-8-7-12-5-4-6-13(16)9-12/h4-6,9,11H,7-8,10H2,1-3H3,(H2,17,18,19). The molecule has 1 aromatic carbocycles. The second kappa shape index (κ2) is 8.94. The predicted molar refractivity (Wildman–Crippen MR) is 80.6 cm³/mol. The lowest BCUT2D eigenvalue weighted by Gasteiger charge is -2.14. The van der Waals surface area contributed by atoms with E-state index in [9.17, 15) is 9.18 Å². The van der Waals surface area contributed by atoms with E-state index in [0.29, 0.717) is 25.5 Å². The molecule has 21 heavy (non-hydrogen) atoms. The van der Waals surface area contributed by atoms with Gasteiger partial charge in [-0.05, 0) is 24.1 Å². The van der Waals surface area contributed by atoms with E-state index in [4.69, 9.17) is 0 Å². The number of halogens is 1. The molecule has 0 aromatic heterocycles. The number of carbonyl (C=O) groups excluding carboxylic acids is 1. The molecule has 1 atom stereocenters. The first-order valence-corrected chi connectivity index (χ1v) is 6.83. The molecule has 6 heteroatoms. The second-order valence-electron chi connectivity index (χ2n) is 4.68. The third-order valence-electron chi connectivity index (χ3n) is 3.00. The Balaban J connectivity index is 2.33. The fourth-order valence-electron chi connectivity index (χ4n) is 1.77. The molecule has 5 nitrogen and oxygen atoms in total. The number of methoxy groups -OCH3 is 1. The lowest BCUT2D eigenvalue weighted by Crippen LogP contribution is -2.41. The Kier molecular flexibility index (Phi) is 7.21. The highest BCUT2D eigenvalue weighted by molar-refractivity contribution is 5.80. The van der Waals surface area contributed by atoms with Crippen molar-refractivity contribution in [3.63, 3.8) is 0 Å². The lowest BCUT2D eigenvalue weighted by molar-refractivity contribution is -0.144. The first kappa shape index (κ1) is 16.9. The largest absolute Gasteiger partial charge is 0.469 e. The van der Waals surface area contributed by atoms with Crippen molar-refractivity contribution in [2.75, 3.05) is 27.2 Å². The second-order valence-corrected chi connectivity index (χ2v) is 4.68. The van der Waals surface area contributed by atoms with Crippen LogP contribution in [0, 0.1) is 11.7 Å². The summed E-state index contributed by atoms with van der Waals surface area (Å²) in [5, 5.41) is 6.16. The van der Waals surface area contributed by atoms with Crippen molar-refractivity contribution >= 4 is 11.9 Å². The van der Waals surface area contributed by atoms with Gasteiger partial charge in [0, 0.05) is 20.1 Å². The minimum Gasteiger partial charge on any atom is -0.469 e. The predicted octanol–water partition coefficient (Wildman–Crippen LogP) is 1.34. The van der Waals surface area contributed by atoms with Gasteiger partial charge < -0.3 is 15.4 Å². The van der Waals surface area contributed by atoms with Gasteiger partial charge in [-0.1, -0.05) is 19.1 Å². The Hall–Kier alpha value is -2.11. The first-order valence-electron chi connectivity index (χ1n) is 6.83. The quantitative estimate of drug-likeness (QED) is 0.472. The van der Waals surface area contributed by atoms with Crippen LogP contribution in [0.4, 0.5) is 4.39 Å². The van der Waals surface area contributed by atoms with Gasteiger partial charge in [0.15, 0.2) is 5.96 Å². The van der Waals surface area contributed by atoms with Gasteiger partial charge in [-0.25, -0.2) is 4.39 Å². The molecule has 0 spiro atoms. The zero-order valence-corrected chi connectivity index (χ0v) is 12.6. The molecule has 0 amide bonds. The topological polar surface area (TPSA) is 62.7 Å². The van der Waals surface area contributed by atoms with Crippen molar-refractivity contribution in [1.29, 1.82) is 0 Å². The number of rotatable bonds is 6. The zero-order valence-electron chi connectivity index (χ0n) is 12.6. The number of hydrogen-bond donors (Lipinski definition) is 2. The van der Waals surface area contributed by atoms with Crippen LogP contribution >= 0.6 is 0 Å². The SMILES string of the molecule is CN=C(NCCc1cccc(F)c1)NCC(C)C(=O)OC. The van der Waals surface area contributed by atoms with E-state index < -0.39 is 0 Å². The molecule has 0 aliphatic heterocycles. The Labute approximate surface area is 124 Å². The van der Waals surface area contributed by atoms with Crippen LogP contribution in [0.25, 0.3) is 0 Å². The van der Waals surface area contributed by atoms with Crippen molar-refractivity contribution in [1.82, 2.24) is 10.6 Å².